The fourth-order valence-electron chi connectivity index (χ4n) is 3.04. The molecule has 1 aliphatic rings. The van der Waals surface area contributed by atoms with E-state index in [0.717, 1.165) is 25.7 Å². The minimum absolute atomic E-state index is 0.203. The van der Waals surface area contributed by atoms with Gasteiger partial charge in [0.05, 0.1) is 0 Å². The smallest absolute Gasteiger partial charge is 0.316 e. The highest BCUT2D eigenvalue weighted by Gasteiger charge is 2.42. The van der Waals surface area contributed by atoms with Crippen molar-refractivity contribution in [1.29, 1.82) is 0 Å². The summed E-state index contributed by atoms with van der Waals surface area (Å²) in [6, 6.07) is 0.231. The first kappa shape index (κ1) is 17.0. The van der Waals surface area contributed by atoms with Gasteiger partial charge in [-0.15, -0.1) is 0 Å². The van der Waals surface area contributed by atoms with Gasteiger partial charge in [-0.2, -0.15) is 0 Å². The first-order chi connectivity index (χ1) is 9.14. The molecule has 1 saturated carbocycles. The number of carboxylic acids is 1. The van der Waals surface area contributed by atoms with Crippen molar-refractivity contribution >= 4 is 11.9 Å². The van der Waals surface area contributed by atoms with Gasteiger partial charge < -0.3 is 10.0 Å². The number of hydrogen-bond acceptors (Lipinski definition) is 2. The molecule has 4 nitrogen and oxygen atoms in total. The average molecular weight is 283 g/mol. The van der Waals surface area contributed by atoms with E-state index in [1.54, 1.807) is 0 Å². The predicted molar refractivity (Wildman–Crippen MR) is 79.4 cm³/mol. The van der Waals surface area contributed by atoms with Crippen LogP contribution in [0.25, 0.3) is 0 Å². The van der Waals surface area contributed by atoms with Crippen LogP contribution < -0.4 is 0 Å². The van der Waals surface area contributed by atoms with Crippen LogP contribution in [-0.4, -0.2) is 34.5 Å². The number of carbonyl (C=O) groups excluding carboxylic acids is 1. The maximum absolute atomic E-state index is 12.8. The Hall–Kier alpha value is -1.06. The fourth-order valence-corrected chi connectivity index (χ4v) is 3.04. The minimum atomic E-state index is -1.01. The Kier molecular flexibility index (Phi) is 5.60. The Morgan fingerprint density at radius 1 is 1.20 bits per heavy atom. The maximum atomic E-state index is 12.8. The number of carbonyl (C=O) groups is 2. The molecule has 0 aromatic heterocycles. The van der Waals surface area contributed by atoms with Gasteiger partial charge in [-0.3, -0.25) is 9.59 Å². The van der Waals surface area contributed by atoms with Crippen molar-refractivity contribution in [3.8, 4) is 0 Å². The van der Waals surface area contributed by atoms with Crippen LogP contribution in [0.4, 0.5) is 0 Å². The van der Waals surface area contributed by atoms with E-state index in [9.17, 15) is 14.7 Å². The van der Waals surface area contributed by atoms with E-state index in [2.05, 4.69) is 13.8 Å². The zero-order chi connectivity index (χ0) is 15.5. The SMILES string of the molecule is CC(C)CN(C(=O)C(C(=O)O)C(C)(C)C)C1CCCC1. The van der Waals surface area contributed by atoms with Gasteiger partial charge in [-0.25, -0.2) is 0 Å². The summed E-state index contributed by atoms with van der Waals surface area (Å²) >= 11 is 0. The monoisotopic (exact) mass is 283 g/mol. The molecule has 0 saturated heterocycles. The number of rotatable bonds is 5. The molecule has 0 aliphatic heterocycles. The molecule has 0 aromatic rings. The third-order valence-corrected chi connectivity index (χ3v) is 3.97. The molecule has 1 unspecified atom stereocenters. The molecule has 4 heteroatoms. The van der Waals surface area contributed by atoms with Crippen molar-refractivity contribution in [3.63, 3.8) is 0 Å². The summed E-state index contributed by atoms with van der Waals surface area (Å²) in [7, 11) is 0. The summed E-state index contributed by atoms with van der Waals surface area (Å²) in [5, 5.41) is 9.46. The van der Waals surface area contributed by atoms with Crippen LogP contribution in [0.5, 0.6) is 0 Å². The molecule has 1 N–H and O–H groups in total. The van der Waals surface area contributed by atoms with Gasteiger partial charge in [0.25, 0.3) is 0 Å². The zero-order valence-electron chi connectivity index (χ0n) is 13.5. The van der Waals surface area contributed by atoms with Gasteiger partial charge in [0.2, 0.25) is 5.91 Å². The molecule has 0 radical (unpaired) electrons. The summed E-state index contributed by atoms with van der Waals surface area (Å²) in [5.74, 6) is -1.81. The van der Waals surface area contributed by atoms with Crippen molar-refractivity contribution in [1.82, 2.24) is 4.90 Å². The highest BCUT2D eigenvalue weighted by Crippen LogP contribution is 2.32. The Morgan fingerprint density at radius 3 is 2.05 bits per heavy atom. The second kappa shape index (κ2) is 6.59. The van der Waals surface area contributed by atoms with Gasteiger partial charge in [-0.05, 0) is 24.2 Å². The van der Waals surface area contributed by atoms with E-state index in [0.29, 0.717) is 12.5 Å². The molecule has 1 fully saturated rings. The molecule has 1 amide bonds. The highest BCUT2D eigenvalue weighted by molar-refractivity contribution is 5.98. The third kappa shape index (κ3) is 4.22. The Bertz CT molecular complexity index is 351. The zero-order valence-corrected chi connectivity index (χ0v) is 13.5. The standard InChI is InChI=1S/C16H29NO3/c1-11(2)10-17(12-8-6-7-9-12)14(18)13(15(19)20)16(3,4)5/h11-13H,6-10H2,1-5H3,(H,19,20). The van der Waals surface area contributed by atoms with Gasteiger partial charge >= 0.3 is 5.97 Å². The van der Waals surface area contributed by atoms with Crippen molar-refractivity contribution in [2.75, 3.05) is 6.54 Å². The molecule has 116 valence electrons. The van der Waals surface area contributed by atoms with Crippen molar-refractivity contribution in [2.24, 2.45) is 17.3 Å². The lowest BCUT2D eigenvalue weighted by Gasteiger charge is -2.36. The second-order valence-electron chi connectivity index (χ2n) is 7.46. The molecule has 0 heterocycles. The van der Waals surface area contributed by atoms with Gasteiger partial charge in [0.1, 0.15) is 5.92 Å². The van der Waals surface area contributed by atoms with E-state index in [1.165, 1.54) is 0 Å². The highest BCUT2D eigenvalue weighted by atomic mass is 16.4. The summed E-state index contributed by atoms with van der Waals surface area (Å²) in [6.45, 7) is 10.3. The van der Waals surface area contributed by atoms with E-state index in [4.69, 9.17) is 0 Å². The fraction of sp³-hybridized carbons (Fsp3) is 0.875. The van der Waals surface area contributed by atoms with Gasteiger partial charge in [-0.1, -0.05) is 47.5 Å². The normalized spacial score (nSPS) is 18.3. The van der Waals surface area contributed by atoms with Gasteiger partial charge in [0, 0.05) is 12.6 Å². The molecule has 20 heavy (non-hydrogen) atoms. The minimum Gasteiger partial charge on any atom is -0.481 e. The van der Waals surface area contributed by atoms with E-state index in [1.807, 2.05) is 25.7 Å². The molecule has 0 aromatic carbocycles. The Labute approximate surface area is 122 Å². The topological polar surface area (TPSA) is 57.6 Å². The summed E-state index contributed by atoms with van der Waals surface area (Å²) in [4.78, 5) is 26.2. The summed E-state index contributed by atoms with van der Waals surface area (Å²) in [6.07, 6.45) is 4.30. The molecule has 1 aliphatic carbocycles. The predicted octanol–water partition coefficient (Wildman–Crippen LogP) is 3.16. The van der Waals surface area contributed by atoms with Crippen LogP contribution in [0.1, 0.15) is 60.3 Å². The van der Waals surface area contributed by atoms with Crippen molar-refractivity contribution < 1.29 is 14.7 Å². The Balaban J connectivity index is 2.98. The number of aliphatic carboxylic acids is 1. The largest absolute Gasteiger partial charge is 0.481 e. The lowest BCUT2D eigenvalue weighted by molar-refractivity contribution is -0.157. The second-order valence-corrected chi connectivity index (χ2v) is 7.46. The van der Waals surface area contributed by atoms with Crippen LogP contribution in [0.15, 0.2) is 0 Å². The third-order valence-electron chi connectivity index (χ3n) is 3.97. The van der Waals surface area contributed by atoms with Gasteiger partial charge in [0.15, 0.2) is 0 Å². The van der Waals surface area contributed by atoms with Crippen molar-refractivity contribution in [2.45, 2.75) is 66.3 Å². The Morgan fingerprint density at radius 2 is 1.70 bits per heavy atom. The van der Waals surface area contributed by atoms with E-state index >= 15 is 0 Å². The van der Waals surface area contributed by atoms with Crippen LogP contribution in [0.2, 0.25) is 0 Å². The molecule has 0 spiro atoms. The summed E-state index contributed by atoms with van der Waals surface area (Å²) < 4.78 is 0. The van der Waals surface area contributed by atoms with E-state index in [-0.39, 0.29) is 11.9 Å². The van der Waals surface area contributed by atoms with Crippen LogP contribution >= 0.6 is 0 Å². The molecular formula is C16H29NO3. The lowest BCUT2D eigenvalue weighted by atomic mass is 9.79. The molecule has 0 bridgehead atoms. The quantitative estimate of drug-likeness (QED) is 0.788. The summed E-state index contributed by atoms with van der Waals surface area (Å²) in [5.41, 5.74) is -0.559. The molecular weight excluding hydrogens is 254 g/mol. The maximum Gasteiger partial charge on any atom is 0.316 e. The number of amides is 1. The lowest BCUT2D eigenvalue weighted by Crippen LogP contribution is -2.49. The van der Waals surface area contributed by atoms with Crippen LogP contribution in [0, 0.1) is 17.3 Å². The molecule has 1 atom stereocenters. The first-order valence-electron chi connectivity index (χ1n) is 7.68. The van der Waals surface area contributed by atoms with Crippen molar-refractivity contribution in [3.05, 3.63) is 0 Å². The molecule has 1 rings (SSSR count). The van der Waals surface area contributed by atoms with E-state index < -0.39 is 17.3 Å². The first-order valence-corrected chi connectivity index (χ1v) is 7.68. The number of carboxylic acid groups (broad SMARTS) is 1. The average Bonchev–Trinajstić information content (AvgIpc) is 2.75. The van der Waals surface area contributed by atoms with Crippen LogP contribution in [-0.2, 0) is 9.59 Å². The number of nitrogens with zero attached hydrogens (tertiary/aromatic N) is 1. The van der Waals surface area contributed by atoms with Crippen LogP contribution in [0.3, 0.4) is 0 Å². The number of hydrogen-bond donors (Lipinski definition) is 1.